The zero-order valence-corrected chi connectivity index (χ0v) is 13.3. The van der Waals surface area contributed by atoms with Crippen LogP contribution in [-0.4, -0.2) is 28.5 Å². The highest BCUT2D eigenvalue weighted by Crippen LogP contribution is 2.14. The topological polar surface area (TPSA) is 84.1 Å². The van der Waals surface area contributed by atoms with Crippen LogP contribution in [0.5, 0.6) is 0 Å². The van der Waals surface area contributed by atoms with E-state index in [0.29, 0.717) is 10.6 Å². The Morgan fingerprint density at radius 1 is 1.21 bits per heavy atom. The van der Waals surface area contributed by atoms with Crippen molar-refractivity contribution in [3.8, 4) is 0 Å². The summed E-state index contributed by atoms with van der Waals surface area (Å²) in [6.07, 6.45) is 1.54. The summed E-state index contributed by atoms with van der Waals surface area (Å²) in [5.74, 6) is -0.967. The number of fused-ring (bicyclic) bond motifs is 1. The molecule has 1 aromatic heterocycles. The number of carbonyl (C=O) groups excluding carboxylic acids is 2. The molecule has 0 aliphatic heterocycles. The molecule has 2 N–H and O–H groups in total. The summed E-state index contributed by atoms with van der Waals surface area (Å²) < 4.78 is 5.02. The first kappa shape index (κ1) is 16.0. The number of amides is 1. The maximum atomic E-state index is 12.0. The van der Waals surface area contributed by atoms with Crippen LogP contribution >= 0.6 is 11.6 Å². The molecule has 3 rings (SSSR count). The minimum Gasteiger partial charge on any atom is -0.452 e. The number of carbonyl (C=O) groups is 2. The van der Waals surface area contributed by atoms with Crippen LogP contribution in [0.25, 0.3) is 11.0 Å². The summed E-state index contributed by atoms with van der Waals surface area (Å²) in [5, 5.41) is 3.23. The van der Waals surface area contributed by atoms with Crippen molar-refractivity contribution in [2.45, 2.75) is 6.54 Å². The van der Waals surface area contributed by atoms with E-state index in [-0.39, 0.29) is 13.2 Å². The lowest BCUT2D eigenvalue weighted by Gasteiger charge is -2.08. The Hall–Kier alpha value is -2.86. The van der Waals surface area contributed by atoms with Gasteiger partial charge in [0.2, 0.25) is 0 Å². The molecule has 24 heavy (non-hydrogen) atoms. The molecule has 3 aromatic rings. The van der Waals surface area contributed by atoms with Gasteiger partial charge in [0, 0.05) is 11.6 Å². The molecule has 7 heteroatoms. The summed E-state index contributed by atoms with van der Waals surface area (Å²) >= 11 is 6.01. The Morgan fingerprint density at radius 2 is 2.04 bits per heavy atom. The standard InChI is InChI=1S/C17H14ClN3O3/c18-13-4-2-1-3-12(13)8-19-16(22)9-24-17(23)11-5-6-14-15(7-11)21-10-20-14/h1-7,10H,8-9H2,(H,19,22)(H,20,21). The van der Waals surface area contributed by atoms with E-state index >= 15 is 0 Å². The molecule has 0 spiro atoms. The molecule has 2 aromatic carbocycles. The van der Waals surface area contributed by atoms with Gasteiger partial charge in [-0.05, 0) is 29.8 Å². The third kappa shape index (κ3) is 3.72. The van der Waals surface area contributed by atoms with Gasteiger partial charge in [0.05, 0.1) is 22.9 Å². The van der Waals surface area contributed by atoms with Crippen molar-refractivity contribution in [2.75, 3.05) is 6.61 Å². The molecule has 0 aliphatic carbocycles. The fourth-order valence-electron chi connectivity index (χ4n) is 2.16. The summed E-state index contributed by atoms with van der Waals surface area (Å²) in [4.78, 5) is 30.8. The maximum absolute atomic E-state index is 12.0. The van der Waals surface area contributed by atoms with Crippen molar-refractivity contribution in [3.05, 3.63) is 64.9 Å². The van der Waals surface area contributed by atoms with Crippen LogP contribution in [0, 0.1) is 0 Å². The first-order valence-corrected chi connectivity index (χ1v) is 7.61. The van der Waals surface area contributed by atoms with E-state index in [2.05, 4.69) is 15.3 Å². The van der Waals surface area contributed by atoms with Gasteiger partial charge in [-0.15, -0.1) is 0 Å². The first-order chi connectivity index (χ1) is 11.6. The predicted octanol–water partition coefficient (Wildman–Crippen LogP) is 2.69. The Morgan fingerprint density at radius 3 is 2.88 bits per heavy atom. The molecule has 1 heterocycles. The van der Waals surface area contributed by atoms with E-state index in [1.165, 1.54) is 0 Å². The number of benzene rings is 2. The molecule has 6 nitrogen and oxygen atoms in total. The Labute approximate surface area is 142 Å². The zero-order valence-electron chi connectivity index (χ0n) is 12.6. The second kappa shape index (κ2) is 7.14. The van der Waals surface area contributed by atoms with E-state index in [1.807, 2.05) is 18.2 Å². The van der Waals surface area contributed by atoms with Gasteiger partial charge < -0.3 is 15.0 Å². The van der Waals surface area contributed by atoms with E-state index in [0.717, 1.165) is 16.6 Å². The normalized spacial score (nSPS) is 10.5. The van der Waals surface area contributed by atoms with Gasteiger partial charge in [0.25, 0.3) is 5.91 Å². The number of H-pyrrole nitrogens is 1. The number of aromatic amines is 1. The third-order valence-corrected chi connectivity index (χ3v) is 3.79. The second-order valence-electron chi connectivity index (χ2n) is 5.08. The van der Waals surface area contributed by atoms with Gasteiger partial charge in [0.15, 0.2) is 6.61 Å². The number of imidazole rings is 1. The molecule has 1 amide bonds. The smallest absolute Gasteiger partial charge is 0.338 e. The van der Waals surface area contributed by atoms with E-state index in [1.54, 1.807) is 30.6 Å². The van der Waals surface area contributed by atoms with Gasteiger partial charge in [0.1, 0.15) is 0 Å². The second-order valence-corrected chi connectivity index (χ2v) is 5.49. The van der Waals surface area contributed by atoms with Crippen LogP contribution in [0.2, 0.25) is 5.02 Å². The number of nitrogens with one attached hydrogen (secondary N) is 2. The summed E-state index contributed by atoms with van der Waals surface area (Å²) in [6.45, 7) is -0.0829. The van der Waals surface area contributed by atoms with Crippen molar-refractivity contribution in [2.24, 2.45) is 0 Å². The minimum atomic E-state index is -0.570. The van der Waals surface area contributed by atoms with Crippen LogP contribution in [0.15, 0.2) is 48.8 Å². The van der Waals surface area contributed by atoms with E-state index in [9.17, 15) is 9.59 Å². The number of hydrogen-bond donors (Lipinski definition) is 2. The fraction of sp³-hybridized carbons (Fsp3) is 0.118. The van der Waals surface area contributed by atoms with Crippen LogP contribution in [0.1, 0.15) is 15.9 Å². The average molecular weight is 344 g/mol. The summed E-state index contributed by atoms with van der Waals surface area (Å²) in [6, 6.07) is 12.1. The molecule has 0 saturated carbocycles. The lowest BCUT2D eigenvalue weighted by molar-refractivity contribution is -0.124. The van der Waals surface area contributed by atoms with Crippen LogP contribution in [0.3, 0.4) is 0 Å². The minimum absolute atomic E-state index is 0.274. The van der Waals surface area contributed by atoms with Gasteiger partial charge in [-0.3, -0.25) is 4.79 Å². The molecule has 0 bridgehead atoms. The molecule has 0 saturated heterocycles. The Balaban J connectivity index is 1.52. The lowest BCUT2D eigenvalue weighted by atomic mass is 10.2. The molecule has 122 valence electrons. The number of ether oxygens (including phenoxy) is 1. The van der Waals surface area contributed by atoms with Crippen molar-refractivity contribution in [3.63, 3.8) is 0 Å². The largest absolute Gasteiger partial charge is 0.452 e. The van der Waals surface area contributed by atoms with Crippen LogP contribution < -0.4 is 5.32 Å². The predicted molar refractivity (Wildman–Crippen MR) is 89.7 cm³/mol. The van der Waals surface area contributed by atoms with Gasteiger partial charge in [-0.1, -0.05) is 29.8 Å². The van der Waals surface area contributed by atoms with Crippen molar-refractivity contribution in [1.29, 1.82) is 0 Å². The maximum Gasteiger partial charge on any atom is 0.338 e. The van der Waals surface area contributed by atoms with Crippen molar-refractivity contribution < 1.29 is 14.3 Å². The highest BCUT2D eigenvalue weighted by atomic mass is 35.5. The molecular weight excluding hydrogens is 330 g/mol. The fourth-order valence-corrected chi connectivity index (χ4v) is 2.37. The van der Waals surface area contributed by atoms with Gasteiger partial charge >= 0.3 is 5.97 Å². The number of rotatable bonds is 5. The molecule has 0 aliphatic rings. The van der Waals surface area contributed by atoms with E-state index in [4.69, 9.17) is 16.3 Å². The monoisotopic (exact) mass is 343 g/mol. The van der Waals surface area contributed by atoms with Crippen LogP contribution in [-0.2, 0) is 16.1 Å². The number of nitrogens with zero attached hydrogens (tertiary/aromatic N) is 1. The van der Waals surface area contributed by atoms with E-state index < -0.39 is 11.9 Å². The molecule has 0 atom stereocenters. The van der Waals surface area contributed by atoms with Crippen LogP contribution in [0.4, 0.5) is 0 Å². The number of esters is 1. The summed E-state index contributed by atoms with van der Waals surface area (Å²) in [7, 11) is 0. The highest BCUT2D eigenvalue weighted by Gasteiger charge is 2.11. The van der Waals surface area contributed by atoms with Crippen molar-refractivity contribution >= 4 is 34.5 Å². The third-order valence-electron chi connectivity index (χ3n) is 3.42. The summed E-state index contributed by atoms with van der Waals surface area (Å²) in [5.41, 5.74) is 2.63. The molecule has 0 fully saturated rings. The molecule has 0 unspecified atom stereocenters. The Kier molecular flexibility index (Phi) is 4.77. The van der Waals surface area contributed by atoms with Gasteiger partial charge in [-0.25, -0.2) is 9.78 Å². The highest BCUT2D eigenvalue weighted by molar-refractivity contribution is 6.31. The quantitative estimate of drug-likeness (QED) is 0.698. The number of halogens is 1. The van der Waals surface area contributed by atoms with Gasteiger partial charge in [-0.2, -0.15) is 0 Å². The molecular formula is C17H14ClN3O3. The average Bonchev–Trinajstić information content (AvgIpc) is 3.06. The van der Waals surface area contributed by atoms with Crippen molar-refractivity contribution in [1.82, 2.24) is 15.3 Å². The first-order valence-electron chi connectivity index (χ1n) is 7.24. The molecule has 0 radical (unpaired) electrons. The lowest BCUT2D eigenvalue weighted by Crippen LogP contribution is -2.28. The SMILES string of the molecule is O=C(COC(=O)c1ccc2nc[nH]c2c1)NCc1ccccc1Cl. The zero-order chi connectivity index (χ0) is 16.9. The number of hydrogen-bond acceptors (Lipinski definition) is 4. The number of aromatic nitrogens is 2. The Bertz CT molecular complexity index is 891.